The van der Waals surface area contributed by atoms with Crippen LogP contribution in [-0.2, 0) is 13.0 Å². The van der Waals surface area contributed by atoms with Crippen LogP contribution < -0.4 is 0 Å². The van der Waals surface area contributed by atoms with Gasteiger partial charge in [-0.2, -0.15) is 0 Å². The first-order chi connectivity index (χ1) is 8.70. The predicted octanol–water partition coefficient (Wildman–Crippen LogP) is 3.22. The smallest absolute Gasteiger partial charge is 0.108 e. The van der Waals surface area contributed by atoms with Crippen LogP contribution in [0.15, 0.2) is 36.7 Å². The Balaban J connectivity index is 2.11. The molecule has 0 aliphatic rings. The normalized spacial score (nSPS) is 12.6. The van der Waals surface area contributed by atoms with E-state index < -0.39 is 6.10 Å². The molecule has 3 nitrogen and oxygen atoms in total. The zero-order valence-corrected chi connectivity index (χ0v) is 11.1. The monoisotopic (exact) mass is 264 g/mol. The van der Waals surface area contributed by atoms with Crippen molar-refractivity contribution in [1.82, 2.24) is 9.55 Å². The minimum absolute atomic E-state index is 0.510. The lowest BCUT2D eigenvalue weighted by atomic mass is 10.1. The molecule has 2 rings (SSSR count). The highest BCUT2D eigenvalue weighted by molar-refractivity contribution is 6.30. The average molecular weight is 265 g/mol. The summed E-state index contributed by atoms with van der Waals surface area (Å²) in [5.74, 6) is 1.01. The number of rotatable bonds is 5. The second-order valence-electron chi connectivity index (χ2n) is 4.32. The number of benzene rings is 1. The Labute approximate surface area is 112 Å². The number of imidazole rings is 1. The van der Waals surface area contributed by atoms with Gasteiger partial charge in [-0.05, 0) is 24.1 Å². The van der Waals surface area contributed by atoms with E-state index in [-0.39, 0.29) is 0 Å². The van der Waals surface area contributed by atoms with E-state index in [9.17, 15) is 5.11 Å². The Bertz CT molecular complexity index is 510. The number of aliphatic hydroxyl groups is 1. The molecule has 18 heavy (non-hydrogen) atoms. The van der Waals surface area contributed by atoms with E-state index in [0.717, 1.165) is 24.2 Å². The molecule has 0 radical (unpaired) electrons. The summed E-state index contributed by atoms with van der Waals surface area (Å²) < 4.78 is 2.00. The van der Waals surface area contributed by atoms with Gasteiger partial charge in [0.25, 0.3) is 0 Å². The summed E-state index contributed by atoms with van der Waals surface area (Å²) >= 11 is 5.92. The van der Waals surface area contributed by atoms with Crippen molar-refractivity contribution in [1.29, 1.82) is 0 Å². The number of aromatic nitrogens is 2. The summed E-state index contributed by atoms with van der Waals surface area (Å²) in [5.41, 5.74) is 0.832. The summed E-state index contributed by atoms with van der Waals surface area (Å²) in [4.78, 5) is 4.30. The van der Waals surface area contributed by atoms with Crippen molar-refractivity contribution >= 4 is 11.6 Å². The molecule has 1 atom stereocenters. The Morgan fingerprint density at radius 3 is 3.00 bits per heavy atom. The molecule has 96 valence electrons. The topological polar surface area (TPSA) is 38.0 Å². The fraction of sp³-hybridized carbons (Fsp3) is 0.357. The van der Waals surface area contributed by atoms with Crippen LogP contribution in [0.25, 0.3) is 0 Å². The van der Waals surface area contributed by atoms with Gasteiger partial charge in [0.2, 0.25) is 0 Å². The first-order valence-electron chi connectivity index (χ1n) is 6.14. The highest BCUT2D eigenvalue weighted by Crippen LogP contribution is 2.19. The highest BCUT2D eigenvalue weighted by Gasteiger charge is 2.11. The van der Waals surface area contributed by atoms with Crippen molar-refractivity contribution in [3.63, 3.8) is 0 Å². The van der Waals surface area contributed by atoms with Crippen LogP contribution in [0.1, 0.15) is 30.8 Å². The number of halogens is 1. The minimum Gasteiger partial charge on any atom is -0.387 e. The zero-order valence-electron chi connectivity index (χ0n) is 10.4. The van der Waals surface area contributed by atoms with Crippen molar-refractivity contribution in [2.75, 3.05) is 0 Å². The molecule has 1 aromatic heterocycles. The largest absolute Gasteiger partial charge is 0.387 e. The lowest BCUT2D eigenvalue weighted by molar-refractivity contribution is 0.155. The number of hydrogen-bond donors (Lipinski definition) is 1. The SMILES string of the molecule is CCCc1nccn1CC(O)c1cccc(Cl)c1. The molecular weight excluding hydrogens is 248 g/mol. The number of nitrogens with zero attached hydrogens (tertiary/aromatic N) is 2. The molecule has 0 fully saturated rings. The molecule has 4 heteroatoms. The van der Waals surface area contributed by atoms with Gasteiger partial charge in [0.1, 0.15) is 5.82 Å². The summed E-state index contributed by atoms with van der Waals surface area (Å²) in [7, 11) is 0. The molecule has 0 bridgehead atoms. The molecule has 0 spiro atoms. The lowest BCUT2D eigenvalue weighted by Crippen LogP contribution is -2.11. The van der Waals surface area contributed by atoms with Crippen LogP contribution in [-0.4, -0.2) is 14.7 Å². The maximum absolute atomic E-state index is 10.2. The van der Waals surface area contributed by atoms with Gasteiger partial charge in [0, 0.05) is 23.8 Å². The third kappa shape index (κ3) is 3.12. The van der Waals surface area contributed by atoms with Crippen molar-refractivity contribution in [3.8, 4) is 0 Å². The third-order valence-corrected chi connectivity index (χ3v) is 3.11. The van der Waals surface area contributed by atoms with Crippen LogP contribution in [0.5, 0.6) is 0 Å². The number of hydrogen-bond acceptors (Lipinski definition) is 2. The summed E-state index contributed by atoms with van der Waals surface area (Å²) in [6, 6.07) is 7.33. The van der Waals surface area contributed by atoms with Gasteiger partial charge >= 0.3 is 0 Å². The van der Waals surface area contributed by atoms with Crippen molar-refractivity contribution in [2.45, 2.75) is 32.4 Å². The Morgan fingerprint density at radius 2 is 2.28 bits per heavy atom. The Hall–Kier alpha value is -1.32. The van der Waals surface area contributed by atoms with Crippen LogP contribution in [0, 0.1) is 0 Å². The lowest BCUT2D eigenvalue weighted by Gasteiger charge is -2.14. The molecule has 1 unspecified atom stereocenters. The van der Waals surface area contributed by atoms with Crippen molar-refractivity contribution in [2.24, 2.45) is 0 Å². The molecule has 0 saturated heterocycles. The molecule has 0 amide bonds. The molecule has 2 aromatic rings. The number of aryl methyl sites for hydroxylation is 1. The molecule has 0 saturated carbocycles. The molecule has 0 aliphatic carbocycles. The van der Waals surface area contributed by atoms with Gasteiger partial charge < -0.3 is 9.67 Å². The van der Waals surface area contributed by atoms with Crippen molar-refractivity contribution in [3.05, 3.63) is 53.1 Å². The standard InChI is InChI=1S/C14H17ClN2O/c1-2-4-14-16-7-8-17(14)10-13(18)11-5-3-6-12(15)9-11/h3,5-9,13,18H,2,4,10H2,1H3. The fourth-order valence-electron chi connectivity index (χ4n) is 1.96. The Morgan fingerprint density at radius 1 is 1.44 bits per heavy atom. The van der Waals surface area contributed by atoms with E-state index in [4.69, 9.17) is 11.6 Å². The zero-order chi connectivity index (χ0) is 13.0. The third-order valence-electron chi connectivity index (χ3n) is 2.88. The van der Waals surface area contributed by atoms with E-state index in [0.29, 0.717) is 11.6 Å². The molecular formula is C14H17ClN2O. The second-order valence-corrected chi connectivity index (χ2v) is 4.75. The van der Waals surface area contributed by atoms with E-state index in [1.165, 1.54) is 0 Å². The van der Waals surface area contributed by atoms with E-state index >= 15 is 0 Å². The summed E-state index contributed by atoms with van der Waals surface area (Å²) in [6.45, 7) is 2.63. The second kappa shape index (κ2) is 6.03. The maximum atomic E-state index is 10.2. The maximum Gasteiger partial charge on any atom is 0.108 e. The van der Waals surface area contributed by atoms with Crippen molar-refractivity contribution < 1.29 is 5.11 Å². The summed E-state index contributed by atoms with van der Waals surface area (Å²) in [5, 5.41) is 10.8. The molecule has 1 N–H and O–H groups in total. The highest BCUT2D eigenvalue weighted by atomic mass is 35.5. The predicted molar refractivity (Wildman–Crippen MR) is 72.6 cm³/mol. The molecule has 1 heterocycles. The fourth-order valence-corrected chi connectivity index (χ4v) is 2.16. The van der Waals surface area contributed by atoms with Gasteiger partial charge in [-0.25, -0.2) is 4.98 Å². The van der Waals surface area contributed by atoms with E-state index in [1.54, 1.807) is 18.3 Å². The van der Waals surface area contributed by atoms with Gasteiger partial charge in [-0.1, -0.05) is 30.7 Å². The summed E-state index contributed by atoms with van der Waals surface area (Å²) in [6.07, 6.45) is 5.09. The van der Waals surface area contributed by atoms with Gasteiger partial charge in [0.05, 0.1) is 12.6 Å². The number of aliphatic hydroxyl groups excluding tert-OH is 1. The quantitative estimate of drug-likeness (QED) is 0.900. The van der Waals surface area contributed by atoms with Crippen LogP contribution >= 0.6 is 11.6 Å². The Kier molecular flexibility index (Phi) is 4.39. The van der Waals surface area contributed by atoms with E-state index in [1.807, 2.05) is 22.9 Å². The first kappa shape index (κ1) is 13.1. The van der Waals surface area contributed by atoms with Crippen LogP contribution in [0.2, 0.25) is 5.02 Å². The minimum atomic E-state index is -0.562. The van der Waals surface area contributed by atoms with Crippen LogP contribution in [0.3, 0.4) is 0 Å². The average Bonchev–Trinajstić information content (AvgIpc) is 2.77. The van der Waals surface area contributed by atoms with Gasteiger partial charge in [-0.3, -0.25) is 0 Å². The molecule has 1 aromatic carbocycles. The first-order valence-corrected chi connectivity index (χ1v) is 6.52. The van der Waals surface area contributed by atoms with E-state index in [2.05, 4.69) is 11.9 Å². The van der Waals surface area contributed by atoms with Crippen LogP contribution in [0.4, 0.5) is 0 Å². The van der Waals surface area contributed by atoms with Gasteiger partial charge in [0.15, 0.2) is 0 Å². The molecule has 0 aliphatic heterocycles. The van der Waals surface area contributed by atoms with Gasteiger partial charge in [-0.15, -0.1) is 0 Å².